The summed E-state index contributed by atoms with van der Waals surface area (Å²) in [6.07, 6.45) is 17.4. The molecular weight excluding hydrogens is 1850 g/mol. The maximum atomic E-state index is 13.9. The molecule has 0 aliphatic carbocycles. The molecule has 6 aromatic carbocycles. The van der Waals surface area contributed by atoms with Gasteiger partial charge in [0, 0.05) is 124 Å². The number of fused-ring (bicyclic) bond motifs is 7. The Hall–Kier alpha value is -15.7. The zero-order chi connectivity index (χ0) is 102. The van der Waals surface area contributed by atoms with Crippen molar-refractivity contribution in [1.82, 2.24) is 57.4 Å². The van der Waals surface area contributed by atoms with E-state index in [4.69, 9.17) is 18.9 Å². The first kappa shape index (κ1) is 107. The van der Waals surface area contributed by atoms with Crippen molar-refractivity contribution in [2.45, 2.75) is 212 Å². The first-order valence-electron chi connectivity index (χ1n) is 49.7. The quantitative estimate of drug-likeness (QED) is 0.00956. The molecule has 0 unspecified atom stereocenters. The predicted molar refractivity (Wildman–Crippen MR) is 541 cm³/mol. The molecule has 12 amide bonds. The Bertz CT molecular complexity index is 5970. The number of carboxylic acids is 2. The number of urea groups is 2. The number of pyridine rings is 4. The molecule has 4 aliphatic rings. The van der Waals surface area contributed by atoms with E-state index in [1.807, 2.05) is 86.6 Å². The van der Waals surface area contributed by atoms with Gasteiger partial charge in [0.2, 0.25) is 72.2 Å². The van der Waals surface area contributed by atoms with Gasteiger partial charge in [0.15, 0.2) is 48.5 Å². The molecular formula is C109H131N18O18+3. The van der Waals surface area contributed by atoms with E-state index < -0.39 is 84.6 Å². The fraction of sp³-hybridized carbons (Fsp3) is 0.376. The summed E-state index contributed by atoms with van der Waals surface area (Å²) in [5, 5.41) is 53.5. The summed E-state index contributed by atoms with van der Waals surface area (Å²) in [6.45, 7) is 11.0. The highest BCUT2D eigenvalue weighted by Gasteiger charge is 2.64. The summed E-state index contributed by atoms with van der Waals surface area (Å²) in [5.41, 5.74) is 11.2. The summed E-state index contributed by atoms with van der Waals surface area (Å²) in [4.78, 5) is 166. The molecule has 8 heterocycles. The van der Waals surface area contributed by atoms with Gasteiger partial charge in [-0.05, 0) is 221 Å². The van der Waals surface area contributed by atoms with Crippen LogP contribution in [-0.4, -0.2) is 166 Å². The fourth-order valence-electron chi connectivity index (χ4n) is 18.0. The highest BCUT2D eigenvalue weighted by molar-refractivity contribution is 6.01. The van der Waals surface area contributed by atoms with Crippen molar-refractivity contribution in [2.24, 2.45) is 0 Å². The number of carbonyl (C=O) groups is 12. The molecule has 0 saturated carbocycles. The number of hydrogen-bond acceptors (Lipinski definition) is 19. The Labute approximate surface area is 843 Å². The van der Waals surface area contributed by atoms with Crippen LogP contribution in [0.15, 0.2) is 231 Å². The Morgan fingerprint density at radius 1 is 0.400 bits per heavy atom. The third-order valence-corrected chi connectivity index (χ3v) is 25.6. The lowest BCUT2D eigenvalue weighted by molar-refractivity contribution is -1.16. The van der Waals surface area contributed by atoms with E-state index in [9.17, 15) is 67.7 Å². The Morgan fingerprint density at radius 3 is 1.19 bits per heavy atom. The molecule has 0 saturated heterocycles. The molecule has 14 rings (SSSR count). The SMILES string of the molecule is Cc1ccccc1NC(=O)Nc1ccc(CC(=O)N[C@@H](CCCCNC(=O)CCC(=O)NCCCCCCN(Cc2ccccn2)Cc2ccccn2)C(=O)N[C@@H](CC(=O)O)c2ccc3c(c2)OCO3)cc1.Cc1ccccc1NC(=O)Nc1ccc(CC(=O)N[C@@H](CCCCNC(=O)CCC(=O)NCCCCCC[N+]23Cc4cccc[n+]4C2[n+]2ccccc2C3)C(=O)N[C@@H](CC(=O)O)c2ccc3c(c2)OCO3)cc1. The van der Waals surface area contributed by atoms with E-state index in [1.54, 1.807) is 109 Å². The number of carbonyl (C=O) groups excluding carboxylic acids is 10. The molecule has 762 valence electrons. The second-order valence-electron chi connectivity index (χ2n) is 36.7. The van der Waals surface area contributed by atoms with Gasteiger partial charge in [0.1, 0.15) is 12.1 Å². The zero-order valence-electron chi connectivity index (χ0n) is 82.0. The summed E-state index contributed by atoms with van der Waals surface area (Å²) in [7, 11) is 0. The lowest BCUT2D eigenvalue weighted by Crippen LogP contribution is -2.62. The smallest absolute Gasteiger partial charge is 0.481 e. The number of para-hydroxylation sites is 2. The van der Waals surface area contributed by atoms with Crippen LogP contribution in [0.25, 0.3) is 0 Å². The van der Waals surface area contributed by atoms with Gasteiger partial charge in [0.25, 0.3) is 0 Å². The number of quaternary nitrogens is 1. The zero-order valence-corrected chi connectivity index (χ0v) is 82.0. The Morgan fingerprint density at radius 2 is 0.786 bits per heavy atom. The molecule has 4 aromatic heterocycles. The van der Waals surface area contributed by atoms with Crippen LogP contribution in [-0.2, 0) is 87.0 Å². The van der Waals surface area contributed by atoms with Gasteiger partial charge in [-0.3, -0.25) is 62.8 Å². The molecule has 10 aromatic rings. The van der Waals surface area contributed by atoms with Crippen molar-refractivity contribution >= 4 is 94.0 Å². The highest BCUT2D eigenvalue weighted by atomic mass is 16.7. The molecule has 0 bridgehead atoms. The van der Waals surface area contributed by atoms with Crippen LogP contribution >= 0.6 is 0 Å². The van der Waals surface area contributed by atoms with E-state index in [1.165, 1.54) is 11.4 Å². The van der Waals surface area contributed by atoms with Gasteiger partial charge < -0.3 is 93.0 Å². The molecule has 36 nitrogen and oxygen atoms in total. The number of amides is 12. The van der Waals surface area contributed by atoms with Crippen LogP contribution in [0, 0.1) is 13.8 Å². The lowest BCUT2D eigenvalue weighted by Gasteiger charge is -2.24. The Kier molecular flexibility index (Phi) is 40.5. The maximum Gasteiger partial charge on any atom is 0.484 e. The van der Waals surface area contributed by atoms with Gasteiger partial charge in [-0.2, -0.15) is 4.48 Å². The molecule has 36 heteroatoms. The third-order valence-electron chi connectivity index (χ3n) is 25.6. The number of ether oxygens (including phenoxy) is 4. The lowest BCUT2D eigenvalue weighted by atomic mass is 10.0. The monoisotopic (exact) mass is 1980 g/mol. The maximum absolute atomic E-state index is 13.9. The first-order chi connectivity index (χ1) is 70.4. The summed E-state index contributed by atoms with van der Waals surface area (Å²) < 4.78 is 27.6. The number of nitrogens with zero attached hydrogens (tertiary/aromatic N) is 6. The van der Waals surface area contributed by atoms with Crippen molar-refractivity contribution in [1.29, 1.82) is 0 Å². The number of anilines is 4. The summed E-state index contributed by atoms with van der Waals surface area (Å²) >= 11 is 0. The van der Waals surface area contributed by atoms with Gasteiger partial charge >= 0.3 is 30.3 Å². The minimum atomic E-state index is -1.14. The van der Waals surface area contributed by atoms with Crippen molar-refractivity contribution in [3.63, 3.8) is 0 Å². The number of rotatable bonds is 54. The van der Waals surface area contributed by atoms with E-state index in [0.29, 0.717) is 113 Å². The number of carboxylic acid groups (broad SMARTS) is 2. The van der Waals surface area contributed by atoms with Gasteiger partial charge in [0.05, 0.1) is 55.7 Å². The first-order valence-corrected chi connectivity index (χ1v) is 49.7. The van der Waals surface area contributed by atoms with Gasteiger partial charge in [-0.15, -0.1) is 0 Å². The molecule has 0 radical (unpaired) electrons. The van der Waals surface area contributed by atoms with Crippen molar-refractivity contribution in [3.05, 3.63) is 287 Å². The van der Waals surface area contributed by atoms with Gasteiger partial charge in [-0.1, -0.05) is 113 Å². The average Bonchev–Trinajstić information content (AvgIpc) is 1.55. The van der Waals surface area contributed by atoms with Gasteiger partial charge in [-0.25, -0.2) is 9.59 Å². The van der Waals surface area contributed by atoms with Crippen molar-refractivity contribution in [2.75, 3.05) is 74.1 Å². The average molecular weight is 1980 g/mol. The molecule has 0 spiro atoms. The van der Waals surface area contributed by atoms with Crippen LogP contribution in [0.1, 0.15) is 203 Å². The third kappa shape index (κ3) is 34.0. The topological polar surface area (TPSA) is 463 Å². The van der Waals surface area contributed by atoms with E-state index in [2.05, 4.69) is 137 Å². The number of hydrogen-bond donors (Lipinski definition) is 14. The molecule has 14 N–H and O–H groups in total. The van der Waals surface area contributed by atoms with Crippen LogP contribution in [0.3, 0.4) is 0 Å². The van der Waals surface area contributed by atoms with E-state index in [0.717, 1.165) is 118 Å². The largest absolute Gasteiger partial charge is 0.484 e. The standard InChI is InChI=1S/C55H63N9O9.C54H65N9O9/c1-38-14-4-5-17-44(38)61-54(71)58-41-22-19-39(20-23-41)32-51(67)59-45(53(70)60-46(34-52(68)69)40-21-24-47-48(33-40)73-37-72-47)18-6-10-28-57-50(66)26-25-49(65)56-27-9-2-3-13-31-64-35-42-15-7-11-29-62(42)55(64)63-30-12-8-16-43(63)36-64;1-38-14-4-5-17-44(38)62-54(70)59-41-22-19-39(20-23-41)32-51(66)60-45(53(69)61-46(34-52(67)68)40-21-24-47-48(33-40)72-37-71-47)18-8-12-30-58-50(65)26-25-49(64)57-29-9-2-3-13-31-63(35-42-15-6-10-27-55-42)36-43-16-7-11-28-56-43/h4-5,7-8,11-12,14-17,19-24,29-30,33,45-46,55H,2-3,6,9-10,13,18,25-28,31-32,34-37H2,1H3,(H4-3,56,57,58,59,60,61,65,66,67,68,69,70,71);4-7,10-11,14-17,19-24,27-28,33,45-46H,2-3,8-9,12-13,18,25-26,29-32,34-37H2,1H3,(H,57,64)(H,58,65)(H,60,66)(H,61,69)(H,67,68)(H2,59,62,70)/p+3/t45-,46-,55?,64?;45-,46-/m00/s1. The van der Waals surface area contributed by atoms with Crippen molar-refractivity contribution < 1.29 is 100 Å². The van der Waals surface area contributed by atoms with Crippen molar-refractivity contribution in [3.8, 4) is 23.0 Å². The fourth-order valence-corrected chi connectivity index (χ4v) is 18.0. The normalized spacial score (nSPS) is 14.4. The van der Waals surface area contributed by atoms with Crippen LogP contribution in [0.5, 0.6) is 23.0 Å². The van der Waals surface area contributed by atoms with E-state index >= 15 is 0 Å². The summed E-state index contributed by atoms with van der Waals surface area (Å²) in [6, 6.07) is 58.1. The molecule has 0 fully saturated rings. The van der Waals surface area contributed by atoms with Crippen LogP contribution in [0.2, 0.25) is 0 Å². The second-order valence-corrected chi connectivity index (χ2v) is 36.7. The summed E-state index contributed by atoms with van der Waals surface area (Å²) in [5.74, 6) is -3.38. The number of unbranched alkanes of at least 4 members (excludes halogenated alkanes) is 8. The number of benzene rings is 6. The minimum absolute atomic E-state index is 0.0198. The van der Waals surface area contributed by atoms with Crippen LogP contribution < -0.4 is 91.9 Å². The Balaban J connectivity index is 0.000000243. The number of aliphatic carboxylic acids is 2. The second kappa shape index (κ2) is 55.1. The minimum Gasteiger partial charge on any atom is -0.481 e. The molecule has 145 heavy (non-hydrogen) atoms. The number of aryl methyl sites for hydroxylation is 2. The predicted octanol–water partition coefficient (Wildman–Crippen LogP) is 12.6. The van der Waals surface area contributed by atoms with E-state index in [-0.39, 0.29) is 101 Å². The molecule has 4 atom stereocenters. The highest BCUT2D eigenvalue weighted by Crippen LogP contribution is 2.39. The number of aromatic nitrogens is 4. The van der Waals surface area contributed by atoms with Crippen LogP contribution in [0.4, 0.5) is 32.3 Å². The molecule has 4 aliphatic heterocycles. The number of nitrogens with one attached hydrogen (secondary N) is 12.